The number of nitrogens with two attached hydrogens (primary N) is 1. The van der Waals surface area contributed by atoms with Crippen molar-refractivity contribution < 1.29 is 0 Å². The van der Waals surface area contributed by atoms with E-state index in [9.17, 15) is 4.79 Å². The first kappa shape index (κ1) is 17.1. The van der Waals surface area contributed by atoms with Gasteiger partial charge in [0.15, 0.2) is 5.82 Å². The predicted molar refractivity (Wildman–Crippen MR) is 103 cm³/mol. The van der Waals surface area contributed by atoms with Crippen LogP contribution in [0.2, 0.25) is 0 Å². The number of aromatic nitrogens is 5. The SMILES string of the molecule is C[C@H](Sc1nnc(C2CCCCC2)n1N)c1nc2ccccc2c(=O)[nH]1. The third-order valence-electron chi connectivity index (χ3n) is 4.96. The van der Waals surface area contributed by atoms with Crippen LogP contribution in [0.3, 0.4) is 0 Å². The summed E-state index contributed by atoms with van der Waals surface area (Å²) in [4.78, 5) is 19.7. The van der Waals surface area contributed by atoms with E-state index >= 15 is 0 Å². The lowest BCUT2D eigenvalue weighted by Gasteiger charge is -2.20. The van der Waals surface area contributed by atoms with E-state index in [1.54, 1.807) is 10.7 Å². The van der Waals surface area contributed by atoms with Crippen LogP contribution in [0.25, 0.3) is 10.9 Å². The van der Waals surface area contributed by atoms with Gasteiger partial charge < -0.3 is 10.8 Å². The molecule has 2 heterocycles. The number of H-pyrrole nitrogens is 1. The molecule has 0 saturated heterocycles. The number of nitrogen functional groups attached to an aromatic ring is 1. The highest BCUT2D eigenvalue weighted by Gasteiger charge is 2.24. The molecule has 1 saturated carbocycles. The monoisotopic (exact) mass is 370 g/mol. The molecule has 1 aliphatic carbocycles. The Morgan fingerprint density at radius 2 is 2.00 bits per heavy atom. The molecule has 26 heavy (non-hydrogen) atoms. The van der Waals surface area contributed by atoms with Crippen LogP contribution in [-0.2, 0) is 0 Å². The molecule has 0 unspecified atom stereocenters. The fourth-order valence-electron chi connectivity index (χ4n) is 3.52. The Morgan fingerprint density at radius 3 is 2.81 bits per heavy atom. The number of nitrogens with zero attached hydrogens (tertiary/aromatic N) is 4. The van der Waals surface area contributed by atoms with Gasteiger partial charge in [-0.05, 0) is 31.9 Å². The van der Waals surface area contributed by atoms with E-state index in [1.807, 2.05) is 25.1 Å². The molecule has 1 aliphatic rings. The molecular weight excluding hydrogens is 348 g/mol. The molecule has 0 radical (unpaired) electrons. The molecule has 0 amide bonds. The number of aromatic amines is 1. The Hall–Kier alpha value is -2.35. The van der Waals surface area contributed by atoms with Gasteiger partial charge in [0.25, 0.3) is 5.56 Å². The van der Waals surface area contributed by atoms with Crippen LogP contribution >= 0.6 is 11.8 Å². The van der Waals surface area contributed by atoms with Crippen molar-refractivity contribution in [2.75, 3.05) is 5.84 Å². The first-order valence-corrected chi connectivity index (χ1v) is 9.87. The summed E-state index contributed by atoms with van der Waals surface area (Å²) < 4.78 is 1.61. The second-order valence-corrected chi connectivity index (χ2v) is 8.08. The normalized spacial score (nSPS) is 16.8. The first-order chi connectivity index (χ1) is 12.6. The number of rotatable bonds is 4. The fourth-order valence-corrected chi connectivity index (χ4v) is 4.35. The average molecular weight is 370 g/mol. The van der Waals surface area contributed by atoms with E-state index in [4.69, 9.17) is 5.84 Å². The molecule has 2 aromatic heterocycles. The third kappa shape index (κ3) is 3.21. The maximum Gasteiger partial charge on any atom is 0.258 e. The zero-order valence-corrected chi connectivity index (χ0v) is 15.5. The van der Waals surface area contributed by atoms with Crippen molar-refractivity contribution in [3.05, 3.63) is 46.3 Å². The zero-order chi connectivity index (χ0) is 18.1. The Bertz CT molecular complexity index is 975. The van der Waals surface area contributed by atoms with Crippen LogP contribution in [0.5, 0.6) is 0 Å². The molecule has 0 spiro atoms. The molecule has 0 bridgehead atoms. The lowest BCUT2D eigenvalue weighted by Crippen LogP contribution is -2.19. The second kappa shape index (κ2) is 7.11. The summed E-state index contributed by atoms with van der Waals surface area (Å²) in [6.07, 6.45) is 5.97. The van der Waals surface area contributed by atoms with Crippen LogP contribution in [0.4, 0.5) is 0 Å². The number of hydrogen-bond acceptors (Lipinski definition) is 6. The van der Waals surface area contributed by atoms with Gasteiger partial charge in [-0.15, -0.1) is 10.2 Å². The quantitative estimate of drug-likeness (QED) is 0.540. The highest BCUT2D eigenvalue weighted by atomic mass is 32.2. The number of hydrogen-bond donors (Lipinski definition) is 2. The number of thioether (sulfide) groups is 1. The van der Waals surface area contributed by atoms with Crippen molar-refractivity contribution in [3.8, 4) is 0 Å². The molecule has 1 atom stereocenters. The van der Waals surface area contributed by atoms with Crippen molar-refractivity contribution in [2.24, 2.45) is 0 Å². The Morgan fingerprint density at radius 1 is 1.23 bits per heavy atom. The average Bonchev–Trinajstić information content (AvgIpc) is 3.03. The minimum absolute atomic E-state index is 0.0991. The molecule has 3 aromatic rings. The van der Waals surface area contributed by atoms with Crippen molar-refractivity contribution in [2.45, 2.75) is 55.4 Å². The molecular formula is C18H22N6OS. The van der Waals surface area contributed by atoms with Crippen molar-refractivity contribution >= 4 is 22.7 Å². The number of para-hydroxylation sites is 1. The molecule has 4 rings (SSSR count). The number of nitrogens with one attached hydrogen (secondary N) is 1. The van der Waals surface area contributed by atoms with Gasteiger partial charge in [-0.1, -0.05) is 43.2 Å². The van der Waals surface area contributed by atoms with Crippen molar-refractivity contribution in [1.82, 2.24) is 24.8 Å². The standard InChI is InChI=1S/C18H22N6OS/c1-11(15-20-14-10-6-5-9-13(14)17(25)21-15)26-18-23-22-16(24(18)19)12-7-3-2-4-8-12/h5-6,9-12H,2-4,7-8,19H2,1H3,(H,20,21,25)/t11-/m0/s1. The van der Waals surface area contributed by atoms with Crippen LogP contribution in [0, 0.1) is 0 Å². The maximum absolute atomic E-state index is 12.3. The number of fused-ring (bicyclic) bond motifs is 1. The van der Waals surface area contributed by atoms with Crippen LogP contribution in [-0.4, -0.2) is 24.8 Å². The summed E-state index contributed by atoms with van der Waals surface area (Å²) in [6.45, 7) is 1.98. The zero-order valence-electron chi connectivity index (χ0n) is 14.7. The van der Waals surface area contributed by atoms with E-state index < -0.39 is 0 Å². The van der Waals surface area contributed by atoms with Gasteiger partial charge in [0.2, 0.25) is 5.16 Å². The Labute approximate surface area is 155 Å². The highest BCUT2D eigenvalue weighted by Crippen LogP contribution is 2.35. The van der Waals surface area contributed by atoms with Crippen molar-refractivity contribution in [3.63, 3.8) is 0 Å². The summed E-state index contributed by atoms with van der Waals surface area (Å²) in [5.41, 5.74) is 0.561. The lowest BCUT2D eigenvalue weighted by molar-refractivity contribution is 0.421. The van der Waals surface area contributed by atoms with Gasteiger partial charge in [-0.3, -0.25) is 4.79 Å². The van der Waals surface area contributed by atoms with E-state index in [0.29, 0.717) is 27.8 Å². The van der Waals surface area contributed by atoms with Gasteiger partial charge >= 0.3 is 0 Å². The van der Waals surface area contributed by atoms with Crippen molar-refractivity contribution in [1.29, 1.82) is 0 Å². The summed E-state index contributed by atoms with van der Waals surface area (Å²) in [5, 5.41) is 9.74. The minimum Gasteiger partial charge on any atom is -0.336 e. The summed E-state index contributed by atoms with van der Waals surface area (Å²) in [6, 6.07) is 7.33. The molecule has 7 nitrogen and oxygen atoms in total. The molecule has 136 valence electrons. The van der Waals surface area contributed by atoms with E-state index in [2.05, 4.69) is 20.2 Å². The van der Waals surface area contributed by atoms with Gasteiger partial charge in [0.05, 0.1) is 16.2 Å². The first-order valence-electron chi connectivity index (χ1n) is 8.99. The third-order valence-corrected chi connectivity index (χ3v) is 6.03. The Kier molecular flexibility index (Phi) is 4.67. The van der Waals surface area contributed by atoms with Gasteiger partial charge in [-0.2, -0.15) is 0 Å². The summed E-state index contributed by atoms with van der Waals surface area (Å²) >= 11 is 1.46. The second-order valence-electron chi connectivity index (χ2n) is 6.77. The minimum atomic E-state index is -0.129. The van der Waals surface area contributed by atoms with Gasteiger partial charge in [-0.25, -0.2) is 9.66 Å². The van der Waals surface area contributed by atoms with E-state index in [1.165, 1.54) is 31.0 Å². The van der Waals surface area contributed by atoms with Gasteiger partial charge in [0, 0.05) is 5.92 Å². The Balaban J connectivity index is 1.58. The van der Waals surface area contributed by atoms with E-state index in [0.717, 1.165) is 18.7 Å². The van der Waals surface area contributed by atoms with Crippen LogP contribution < -0.4 is 11.4 Å². The predicted octanol–water partition coefficient (Wildman–Crippen LogP) is 3.13. The largest absolute Gasteiger partial charge is 0.336 e. The molecule has 1 aromatic carbocycles. The smallest absolute Gasteiger partial charge is 0.258 e. The van der Waals surface area contributed by atoms with Crippen LogP contribution in [0.15, 0.2) is 34.2 Å². The molecule has 3 N–H and O–H groups in total. The maximum atomic E-state index is 12.3. The molecule has 1 fully saturated rings. The topological polar surface area (TPSA) is 102 Å². The number of benzene rings is 1. The molecule has 8 heteroatoms. The van der Waals surface area contributed by atoms with Gasteiger partial charge in [0.1, 0.15) is 5.82 Å². The fraction of sp³-hybridized carbons (Fsp3) is 0.444. The van der Waals surface area contributed by atoms with E-state index in [-0.39, 0.29) is 10.8 Å². The molecule has 0 aliphatic heterocycles. The highest BCUT2D eigenvalue weighted by molar-refractivity contribution is 7.99. The lowest BCUT2D eigenvalue weighted by atomic mass is 9.89. The summed E-state index contributed by atoms with van der Waals surface area (Å²) in [7, 11) is 0. The van der Waals surface area contributed by atoms with Crippen LogP contribution in [0.1, 0.15) is 61.8 Å². The summed E-state index contributed by atoms with van der Waals surface area (Å²) in [5.74, 6) is 8.13.